The second-order valence-corrected chi connectivity index (χ2v) is 6.19. The number of rotatable bonds is 7. The Labute approximate surface area is 171 Å². The fourth-order valence-electron chi connectivity index (χ4n) is 2.66. The van der Waals surface area contributed by atoms with Crippen molar-refractivity contribution in [3.05, 3.63) is 72.2 Å². The first kappa shape index (κ1) is 19.2. The van der Waals surface area contributed by atoms with Gasteiger partial charge in [-0.3, -0.25) is 9.78 Å². The molecular formula is C21H17N3O6. The number of amides is 1. The molecule has 30 heavy (non-hydrogen) atoms. The summed E-state index contributed by atoms with van der Waals surface area (Å²) < 4.78 is 21.2. The maximum atomic E-state index is 12.4. The van der Waals surface area contributed by atoms with Crippen LogP contribution in [0.4, 0.5) is 0 Å². The van der Waals surface area contributed by atoms with Gasteiger partial charge >= 0.3 is 5.97 Å². The van der Waals surface area contributed by atoms with Gasteiger partial charge in [0.2, 0.25) is 12.7 Å². The molecule has 1 aliphatic rings. The first-order chi connectivity index (χ1) is 14.7. The molecule has 0 atom stereocenters. The molecule has 1 amide bonds. The van der Waals surface area contributed by atoms with Crippen LogP contribution < -0.4 is 19.5 Å². The third-order valence-corrected chi connectivity index (χ3v) is 4.10. The summed E-state index contributed by atoms with van der Waals surface area (Å²) in [6, 6.07) is 11.8. The zero-order chi connectivity index (χ0) is 20.8. The highest BCUT2D eigenvalue weighted by Crippen LogP contribution is 2.32. The van der Waals surface area contributed by atoms with E-state index >= 15 is 0 Å². The first-order valence-corrected chi connectivity index (χ1v) is 9.04. The molecule has 0 saturated heterocycles. The lowest BCUT2D eigenvalue weighted by Crippen LogP contribution is -2.28. The van der Waals surface area contributed by atoms with Gasteiger partial charge in [-0.2, -0.15) is 0 Å². The minimum Gasteiger partial charge on any atom is -0.454 e. The molecule has 0 spiro atoms. The van der Waals surface area contributed by atoms with Crippen LogP contribution in [0.5, 0.6) is 23.1 Å². The van der Waals surface area contributed by atoms with Crippen LogP contribution in [0.3, 0.4) is 0 Å². The predicted molar refractivity (Wildman–Crippen MR) is 103 cm³/mol. The van der Waals surface area contributed by atoms with Crippen LogP contribution in [-0.4, -0.2) is 35.2 Å². The van der Waals surface area contributed by atoms with Gasteiger partial charge in [-0.25, -0.2) is 9.78 Å². The molecular weight excluding hydrogens is 390 g/mol. The summed E-state index contributed by atoms with van der Waals surface area (Å²) in [7, 11) is 0. The van der Waals surface area contributed by atoms with Gasteiger partial charge in [0.15, 0.2) is 18.1 Å². The Hall–Kier alpha value is -4.14. The van der Waals surface area contributed by atoms with Gasteiger partial charge in [-0.05, 0) is 42.0 Å². The van der Waals surface area contributed by atoms with Crippen molar-refractivity contribution in [1.29, 1.82) is 0 Å². The molecule has 0 unspecified atom stereocenters. The van der Waals surface area contributed by atoms with Gasteiger partial charge in [0.05, 0.1) is 6.20 Å². The second-order valence-electron chi connectivity index (χ2n) is 6.19. The summed E-state index contributed by atoms with van der Waals surface area (Å²) in [4.78, 5) is 32.5. The Bertz CT molecular complexity index is 1060. The van der Waals surface area contributed by atoms with E-state index in [0.717, 1.165) is 5.56 Å². The van der Waals surface area contributed by atoms with E-state index in [0.29, 0.717) is 17.2 Å². The molecule has 9 nitrogen and oxygen atoms in total. The summed E-state index contributed by atoms with van der Waals surface area (Å²) in [5.74, 6) is 0.619. The van der Waals surface area contributed by atoms with Crippen LogP contribution in [0.25, 0.3) is 0 Å². The lowest BCUT2D eigenvalue weighted by Gasteiger charge is -2.10. The molecule has 0 aliphatic carbocycles. The number of pyridine rings is 2. The predicted octanol–water partition coefficient (Wildman–Crippen LogP) is 2.47. The lowest BCUT2D eigenvalue weighted by atomic mass is 10.2. The van der Waals surface area contributed by atoms with Crippen molar-refractivity contribution < 1.29 is 28.5 Å². The Morgan fingerprint density at radius 2 is 1.93 bits per heavy atom. The van der Waals surface area contributed by atoms with Crippen LogP contribution in [-0.2, 0) is 16.1 Å². The van der Waals surface area contributed by atoms with Gasteiger partial charge in [0.25, 0.3) is 5.91 Å². The van der Waals surface area contributed by atoms with Crippen LogP contribution in [0.1, 0.15) is 15.9 Å². The highest BCUT2D eigenvalue weighted by molar-refractivity contribution is 5.93. The van der Waals surface area contributed by atoms with E-state index in [1.165, 1.54) is 18.5 Å². The SMILES string of the molecule is O=C(COC(=O)c1cccnc1Oc1cccnc1)NCc1ccc2c(c1)OCO2. The van der Waals surface area contributed by atoms with E-state index < -0.39 is 18.5 Å². The van der Waals surface area contributed by atoms with Crippen molar-refractivity contribution in [1.82, 2.24) is 15.3 Å². The van der Waals surface area contributed by atoms with E-state index in [4.69, 9.17) is 18.9 Å². The summed E-state index contributed by atoms with van der Waals surface area (Å²) in [6.07, 6.45) is 4.58. The number of hydrogen-bond acceptors (Lipinski definition) is 8. The number of hydrogen-bond donors (Lipinski definition) is 1. The van der Waals surface area contributed by atoms with E-state index in [2.05, 4.69) is 15.3 Å². The quantitative estimate of drug-likeness (QED) is 0.595. The molecule has 152 valence electrons. The highest BCUT2D eigenvalue weighted by Gasteiger charge is 2.18. The smallest absolute Gasteiger partial charge is 0.344 e. The minimum atomic E-state index is -0.722. The van der Waals surface area contributed by atoms with Crippen LogP contribution in [0.15, 0.2) is 61.1 Å². The molecule has 9 heteroatoms. The zero-order valence-corrected chi connectivity index (χ0v) is 15.7. The van der Waals surface area contributed by atoms with Crippen LogP contribution >= 0.6 is 0 Å². The fraction of sp³-hybridized carbons (Fsp3) is 0.143. The van der Waals surface area contributed by atoms with Crippen molar-refractivity contribution in [2.24, 2.45) is 0 Å². The Kier molecular flexibility index (Phi) is 5.70. The lowest BCUT2D eigenvalue weighted by molar-refractivity contribution is -0.124. The third kappa shape index (κ3) is 4.64. The standard InChI is InChI=1S/C21H17N3O6/c25-19(24-10-14-5-6-17-18(9-14)29-13-28-17)12-27-21(26)16-4-2-8-23-20(16)30-15-3-1-7-22-11-15/h1-9,11H,10,12-13H2,(H,24,25). The van der Waals surface area contributed by atoms with Crippen molar-refractivity contribution in [3.8, 4) is 23.1 Å². The zero-order valence-electron chi connectivity index (χ0n) is 15.7. The molecule has 0 fully saturated rings. The van der Waals surface area contributed by atoms with E-state index in [9.17, 15) is 9.59 Å². The minimum absolute atomic E-state index is 0.0660. The van der Waals surface area contributed by atoms with E-state index in [1.54, 1.807) is 36.5 Å². The number of carbonyl (C=O) groups excluding carboxylic acids is 2. The third-order valence-electron chi connectivity index (χ3n) is 4.10. The maximum absolute atomic E-state index is 12.4. The molecule has 3 aromatic rings. The summed E-state index contributed by atoms with van der Waals surface area (Å²) in [6.45, 7) is 0.00181. The van der Waals surface area contributed by atoms with Gasteiger partial charge in [0, 0.05) is 18.9 Å². The molecule has 0 bridgehead atoms. The summed E-state index contributed by atoms with van der Waals surface area (Å²) in [5.41, 5.74) is 0.934. The van der Waals surface area contributed by atoms with E-state index in [1.807, 2.05) is 6.07 Å². The molecule has 3 heterocycles. The Morgan fingerprint density at radius 1 is 1.07 bits per heavy atom. The van der Waals surface area contributed by atoms with Gasteiger partial charge < -0.3 is 24.3 Å². The molecule has 1 aliphatic heterocycles. The largest absolute Gasteiger partial charge is 0.454 e. The molecule has 2 aromatic heterocycles. The maximum Gasteiger partial charge on any atom is 0.344 e. The summed E-state index contributed by atoms with van der Waals surface area (Å²) in [5, 5.41) is 2.68. The number of esters is 1. The number of benzene rings is 1. The van der Waals surface area contributed by atoms with E-state index in [-0.39, 0.29) is 24.8 Å². The van der Waals surface area contributed by atoms with Gasteiger partial charge in [-0.1, -0.05) is 6.07 Å². The number of fused-ring (bicyclic) bond motifs is 1. The van der Waals surface area contributed by atoms with Crippen molar-refractivity contribution >= 4 is 11.9 Å². The average Bonchev–Trinajstić information content (AvgIpc) is 3.25. The van der Waals surface area contributed by atoms with Crippen molar-refractivity contribution in [3.63, 3.8) is 0 Å². The number of carbonyl (C=O) groups is 2. The molecule has 1 aromatic carbocycles. The van der Waals surface area contributed by atoms with Crippen LogP contribution in [0, 0.1) is 0 Å². The number of nitrogens with zero attached hydrogens (tertiary/aromatic N) is 2. The van der Waals surface area contributed by atoms with Crippen molar-refractivity contribution in [2.75, 3.05) is 13.4 Å². The molecule has 0 radical (unpaired) electrons. The fourth-order valence-corrected chi connectivity index (χ4v) is 2.66. The topological polar surface area (TPSA) is 109 Å². The number of nitrogens with one attached hydrogen (secondary N) is 1. The monoisotopic (exact) mass is 407 g/mol. The molecule has 1 N–H and O–H groups in total. The van der Waals surface area contributed by atoms with Crippen molar-refractivity contribution in [2.45, 2.75) is 6.54 Å². The van der Waals surface area contributed by atoms with Gasteiger partial charge in [0.1, 0.15) is 11.3 Å². The average molecular weight is 407 g/mol. The second kappa shape index (κ2) is 8.91. The normalized spacial score (nSPS) is 11.6. The molecule has 0 saturated carbocycles. The summed E-state index contributed by atoms with van der Waals surface area (Å²) >= 11 is 0. The van der Waals surface area contributed by atoms with Gasteiger partial charge in [-0.15, -0.1) is 0 Å². The van der Waals surface area contributed by atoms with Crippen LogP contribution in [0.2, 0.25) is 0 Å². The number of aromatic nitrogens is 2. The highest BCUT2D eigenvalue weighted by atomic mass is 16.7. The number of ether oxygens (including phenoxy) is 4. The molecule has 4 rings (SSSR count). The first-order valence-electron chi connectivity index (χ1n) is 9.04. The Balaban J connectivity index is 1.30. The Morgan fingerprint density at radius 3 is 2.80 bits per heavy atom.